The van der Waals surface area contributed by atoms with Crippen LogP contribution in [0.2, 0.25) is 0 Å². The lowest BCUT2D eigenvalue weighted by Gasteiger charge is -2.45. The van der Waals surface area contributed by atoms with Crippen molar-refractivity contribution in [3.63, 3.8) is 0 Å². The van der Waals surface area contributed by atoms with Gasteiger partial charge in [-0.1, -0.05) is 0 Å². The minimum atomic E-state index is -0.807. The summed E-state index contributed by atoms with van der Waals surface area (Å²) in [7, 11) is 4.81. The molecular weight excluding hydrogens is 322 g/mol. The Kier molecular flexibility index (Phi) is 3.92. The molecule has 2 aromatic heterocycles. The van der Waals surface area contributed by atoms with Crippen molar-refractivity contribution in [3.05, 3.63) is 44.8 Å². The highest BCUT2D eigenvalue weighted by atomic mass is 32.1. The summed E-state index contributed by atoms with van der Waals surface area (Å²) < 4.78 is 1.20. The quantitative estimate of drug-likeness (QED) is 0.809. The van der Waals surface area contributed by atoms with Gasteiger partial charge in [-0.15, -0.1) is 0 Å². The molecule has 4 heteroatoms. The van der Waals surface area contributed by atoms with Crippen LogP contribution < -0.4 is 0 Å². The van der Waals surface area contributed by atoms with Gasteiger partial charge in [-0.3, -0.25) is 0 Å². The molecule has 2 aromatic rings. The number of fused-ring (bicyclic) bond motifs is 2. The third kappa shape index (κ3) is 2.60. The minimum absolute atomic E-state index is 0.628. The predicted octanol–water partition coefficient (Wildman–Crippen LogP) is 4.45. The molecule has 4 heterocycles. The Morgan fingerprint density at radius 2 is 1.57 bits per heavy atom. The van der Waals surface area contributed by atoms with Crippen molar-refractivity contribution in [2.24, 2.45) is 5.92 Å². The average Bonchev–Trinajstić information content (AvgIpc) is 3.22. The molecular formula is C19H26NOS2+. The van der Waals surface area contributed by atoms with Crippen molar-refractivity contribution in [3.8, 4) is 0 Å². The van der Waals surface area contributed by atoms with Gasteiger partial charge in [-0.25, -0.2) is 0 Å². The van der Waals surface area contributed by atoms with Crippen LogP contribution in [-0.2, 0) is 5.60 Å². The van der Waals surface area contributed by atoms with E-state index in [9.17, 15) is 5.11 Å². The Bertz CT molecular complexity index is 597. The number of hydrogen-bond acceptors (Lipinski definition) is 3. The van der Waals surface area contributed by atoms with Crippen molar-refractivity contribution in [2.45, 2.75) is 49.8 Å². The normalized spacial score (nSPS) is 29.8. The van der Waals surface area contributed by atoms with Crippen LogP contribution in [-0.4, -0.2) is 35.8 Å². The zero-order valence-electron chi connectivity index (χ0n) is 13.9. The zero-order valence-corrected chi connectivity index (χ0v) is 15.6. The van der Waals surface area contributed by atoms with Crippen molar-refractivity contribution in [1.29, 1.82) is 0 Å². The van der Waals surface area contributed by atoms with Crippen LogP contribution >= 0.6 is 22.7 Å². The van der Waals surface area contributed by atoms with E-state index in [1.165, 1.54) is 30.2 Å². The first-order chi connectivity index (χ1) is 11.0. The molecule has 1 unspecified atom stereocenters. The molecule has 124 valence electrons. The van der Waals surface area contributed by atoms with E-state index in [-0.39, 0.29) is 0 Å². The van der Waals surface area contributed by atoms with Gasteiger partial charge in [0.05, 0.1) is 26.2 Å². The smallest absolute Gasteiger partial charge is 0.116 e. The average molecular weight is 349 g/mol. The molecule has 0 radical (unpaired) electrons. The van der Waals surface area contributed by atoms with Crippen LogP contribution in [0, 0.1) is 5.92 Å². The maximum atomic E-state index is 11.6. The topological polar surface area (TPSA) is 20.2 Å². The van der Waals surface area contributed by atoms with E-state index in [1.807, 2.05) is 0 Å². The lowest BCUT2D eigenvalue weighted by atomic mass is 9.76. The molecule has 0 amide bonds. The van der Waals surface area contributed by atoms with Gasteiger partial charge in [-0.05, 0) is 57.1 Å². The molecule has 0 aliphatic carbocycles. The maximum Gasteiger partial charge on any atom is 0.116 e. The molecule has 0 aromatic carbocycles. The molecule has 2 bridgehead atoms. The molecule has 2 aliphatic rings. The Labute approximate surface area is 147 Å². The highest BCUT2D eigenvalue weighted by molar-refractivity contribution is 7.08. The van der Waals surface area contributed by atoms with Gasteiger partial charge in [0.15, 0.2) is 0 Å². The summed E-state index contributed by atoms with van der Waals surface area (Å²) in [6.45, 7) is 0. The number of hydrogen-bond donors (Lipinski definition) is 1. The third-order valence-electron chi connectivity index (χ3n) is 6.51. The van der Waals surface area contributed by atoms with Gasteiger partial charge in [0.1, 0.15) is 5.60 Å². The zero-order chi connectivity index (χ0) is 16.1. The van der Waals surface area contributed by atoms with E-state index in [0.29, 0.717) is 5.92 Å². The Morgan fingerprint density at radius 3 is 2.00 bits per heavy atom. The SMILES string of the molecule is C[N+]1(C)[C@@H]2CC[C@H]1CC(CC(O)(c1ccsc1)c1ccsc1)C2. The van der Waals surface area contributed by atoms with Crippen LogP contribution in [0.5, 0.6) is 0 Å². The first kappa shape index (κ1) is 15.8. The first-order valence-electron chi connectivity index (χ1n) is 8.61. The van der Waals surface area contributed by atoms with Gasteiger partial charge < -0.3 is 9.59 Å². The van der Waals surface area contributed by atoms with Crippen molar-refractivity contribution in [2.75, 3.05) is 14.1 Å². The maximum absolute atomic E-state index is 11.6. The summed E-state index contributed by atoms with van der Waals surface area (Å²) in [5.74, 6) is 0.628. The van der Waals surface area contributed by atoms with Crippen LogP contribution in [0.3, 0.4) is 0 Å². The largest absolute Gasteiger partial charge is 0.380 e. The summed E-state index contributed by atoms with van der Waals surface area (Å²) in [4.78, 5) is 0. The molecule has 2 aliphatic heterocycles. The molecule has 0 spiro atoms. The van der Waals surface area contributed by atoms with Gasteiger partial charge in [0.25, 0.3) is 0 Å². The number of rotatable bonds is 4. The minimum Gasteiger partial charge on any atom is -0.380 e. The molecule has 2 nitrogen and oxygen atoms in total. The molecule has 2 fully saturated rings. The van der Waals surface area contributed by atoms with E-state index in [1.54, 1.807) is 22.7 Å². The number of nitrogens with zero attached hydrogens (tertiary/aromatic N) is 1. The van der Waals surface area contributed by atoms with Crippen LogP contribution in [0.1, 0.15) is 43.2 Å². The van der Waals surface area contributed by atoms with Gasteiger partial charge >= 0.3 is 0 Å². The van der Waals surface area contributed by atoms with Crippen molar-refractivity contribution < 1.29 is 9.59 Å². The second kappa shape index (κ2) is 5.69. The summed E-state index contributed by atoms with van der Waals surface area (Å²) in [5, 5.41) is 20.0. The standard InChI is InChI=1S/C19H26NOS2/c1-20(2)17-3-4-18(20)10-14(9-17)11-19(21,15-5-7-22-12-15)16-6-8-23-13-16/h5-8,12-14,17-18,21H,3-4,9-11H2,1-2H3/q+1/t14?,17-,18+. The molecule has 4 rings (SSSR count). The van der Waals surface area contributed by atoms with Crippen molar-refractivity contribution >= 4 is 22.7 Å². The second-order valence-corrected chi connectivity index (χ2v) is 9.50. The van der Waals surface area contributed by atoms with Crippen LogP contribution in [0.25, 0.3) is 0 Å². The molecule has 1 N–H and O–H groups in total. The van der Waals surface area contributed by atoms with Gasteiger partial charge in [0, 0.05) is 25.7 Å². The summed E-state index contributed by atoms with van der Waals surface area (Å²) in [6.07, 6.45) is 6.13. The predicted molar refractivity (Wildman–Crippen MR) is 97.9 cm³/mol. The first-order valence-corrected chi connectivity index (χ1v) is 10.5. The Balaban J connectivity index is 1.61. The fourth-order valence-corrected chi connectivity index (χ4v) is 6.43. The van der Waals surface area contributed by atoms with E-state index in [4.69, 9.17) is 0 Å². The van der Waals surface area contributed by atoms with E-state index in [0.717, 1.165) is 29.6 Å². The number of piperidine rings is 1. The van der Waals surface area contributed by atoms with Crippen LogP contribution in [0.15, 0.2) is 33.7 Å². The fraction of sp³-hybridized carbons (Fsp3) is 0.579. The van der Waals surface area contributed by atoms with E-state index >= 15 is 0 Å². The Morgan fingerprint density at radius 1 is 1.04 bits per heavy atom. The number of aliphatic hydroxyl groups is 1. The number of quaternary nitrogens is 1. The number of thiophene rings is 2. The molecule has 2 saturated heterocycles. The molecule has 3 atom stereocenters. The van der Waals surface area contributed by atoms with Gasteiger partial charge in [0.2, 0.25) is 0 Å². The molecule has 23 heavy (non-hydrogen) atoms. The second-order valence-electron chi connectivity index (χ2n) is 7.94. The van der Waals surface area contributed by atoms with Crippen LogP contribution in [0.4, 0.5) is 0 Å². The lowest BCUT2D eigenvalue weighted by Crippen LogP contribution is -2.55. The highest BCUT2D eigenvalue weighted by Gasteiger charge is 2.50. The fourth-order valence-electron chi connectivity index (χ4n) is 4.98. The summed E-state index contributed by atoms with van der Waals surface area (Å²) in [5.41, 5.74) is 1.35. The van der Waals surface area contributed by atoms with Crippen molar-refractivity contribution in [1.82, 2.24) is 0 Å². The van der Waals surface area contributed by atoms with E-state index < -0.39 is 5.60 Å². The summed E-state index contributed by atoms with van der Waals surface area (Å²) in [6, 6.07) is 5.76. The van der Waals surface area contributed by atoms with Gasteiger partial charge in [-0.2, -0.15) is 22.7 Å². The third-order valence-corrected chi connectivity index (χ3v) is 7.87. The lowest BCUT2D eigenvalue weighted by molar-refractivity contribution is -0.931. The Hall–Kier alpha value is -0.680. The summed E-state index contributed by atoms with van der Waals surface area (Å²) >= 11 is 3.36. The monoisotopic (exact) mass is 348 g/mol. The highest BCUT2D eigenvalue weighted by Crippen LogP contribution is 2.47. The molecule has 0 saturated carbocycles. The van der Waals surface area contributed by atoms with E-state index in [2.05, 4.69) is 47.7 Å².